The Kier molecular flexibility index (Phi) is 4.66. The van der Waals surface area contributed by atoms with Crippen LogP contribution in [0.5, 0.6) is 0 Å². The van der Waals surface area contributed by atoms with Gasteiger partial charge in [0.15, 0.2) is 0 Å². The zero-order valence-corrected chi connectivity index (χ0v) is 11.0. The first-order valence-corrected chi connectivity index (χ1v) is 7.27. The molecule has 1 saturated heterocycles. The number of nitrogens with one attached hydrogen (secondary N) is 1. The van der Waals surface area contributed by atoms with Crippen molar-refractivity contribution < 1.29 is 0 Å². The van der Waals surface area contributed by atoms with Crippen molar-refractivity contribution in [3.63, 3.8) is 0 Å². The van der Waals surface area contributed by atoms with Gasteiger partial charge in [-0.05, 0) is 38.1 Å². The summed E-state index contributed by atoms with van der Waals surface area (Å²) in [6, 6.07) is 1.66. The largest absolute Gasteiger partial charge is 0.313 e. The molecule has 1 heterocycles. The lowest BCUT2D eigenvalue weighted by Gasteiger charge is -2.35. The molecule has 94 valence electrons. The first kappa shape index (κ1) is 12.4. The van der Waals surface area contributed by atoms with E-state index in [1.165, 1.54) is 58.2 Å². The van der Waals surface area contributed by atoms with E-state index in [0.29, 0.717) is 0 Å². The van der Waals surface area contributed by atoms with Gasteiger partial charge in [0.2, 0.25) is 0 Å². The van der Waals surface area contributed by atoms with Gasteiger partial charge in [0.05, 0.1) is 0 Å². The summed E-state index contributed by atoms with van der Waals surface area (Å²) in [5.41, 5.74) is 0. The highest BCUT2D eigenvalue weighted by atomic mass is 15.2. The summed E-state index contributed by atoms with van der Waals surface area (Å²) in [4.78, 5) is 2.76. The summed E-state index contributed by atoms with van der Waals surface area (Å²) in [5.74, 6) is 0.955. The van der Waals surface area contributed by atoms with E-state index < -0.39 is 0 Å². The van der Waals surface area contributed by atoms with Crippen molar-refractivity contribution in [2.45, 2.75) is 64.5 Å². The third-order valence-corrected chi connectivity index (χ3v) is 4.51. The summed E-state index contributed by atoms with van der Waals surface area (Å²) in [6.45, 7) is 8.52. The molecule has 1 aliphatic heterocycles. The number of hydrogen-bond donors (Lipinski definition) is 1. The molecule has 0 aromatic heterocycles. The van der Waals surface area contributed by atoms with E-state index in [1.807, 2.05) is 0 Å². The smallest absolute Gasteiger partial charge is 0.0110 e. The Hall–Kier alpha value is -0.0800. The van der Waals surface area contributed by atoms with Crippen LogP contribution in [-0.2, 0) is 0 Å². The van der Waals surface area contributed by atoms with Gasteiger partial charge in [-0.2, -0.15) is 0 Å². The van der Waals surface area contributed by atoms with Crippen LogP contribution in [0, 0.1) is 5.92 Å². The van der Waals surface area contributed by atoms with Crippen LogP contribution in [0.25, 0.3) is 0 Å². The molecule has 2 rings (SSSR count). The van der Waals surface area contributed by atoms with Crippen LogP contribution in [0.4, 0.5) is 0 Å². The average molecular weight is 224 g/mol. The highest BCUT2D eigenvalue weighted by Crippen LogP contribution is 2.27. The van der Waals surface area contributed by atoms with Gasteiger partial charge in [0, 0.05) is 25.2 Å². The van der Waals surface area contributed by atoms with E-state index in [4.69, 9.17) is 0 Å². The minimum absolute atomic E-state index is 0.769. The Morgan fingerprint density at radius 3 is 2.81 bits per heavy atom. The van der Waals surface area contributed by atoms with Gasteiger partial charge < -0.3 is 5.32 Å². The summed E-state index contributed by atoms with van der Waals surface area (Å²) in [5, 5.41) is 3.67. The second kappa shape index (κ2) is 6.02. The third kappa shape index (κ3) is 3.21. The van der Waals surface area contributed by atoms with Gasteiger partial charge in [0.25, 0.3) is 0 Å². The van der Waals surface area contributed by atoms with Crippen LogP contribution in [-0.4, -0.2) is 36.6 Å². The van der Waals surface area contributed by atoms with Gasteiger partial charge >= 0.3 is 0 Å². The highest BCUT2D eigenvalue weighted by molar-refractivity contribution is 4.82. The van der Waals surface area contributed by atoms with E-state index in [-0.39, 0.29) is 0 Å². The minimum Gasteiger partial charge on any atom is -0.313 e. The Morgan fingerprint density at radius 2 is 2.06 bits per heavy atom. The SMILES string of the molecule is CCC1CCN(C2CCCC(C)C2)CCN1. The Morgan fingerprint density at radius 1 is 1.19 bits per heavy atom. The minimum atomic E-state index is 0.769. The first-order valence-electron chi connectivity index (χ1n) is 7.27. The average Bonchev–Trinajstić information content (AvgIpc) is 2.54. The summed E-state index contributed by atoms with van der Waals surface area (Å²) >= 11 is 0. The summed E-state index contributed by atoms with van der Waals surface area (Å²) in [7, 11) is 0. The van der Waals surface area contributed by atoms with Crippen LogP contribution < -0.4 is 5.32 Å². The molecule has 2 nitrogen and oxygen atoms in total. The van der Waals surface area contributed by atoms with Gasteiger partial charge in [-0.1, -0.05) is 26.7 Å². The van der Waals surface area contributed by atoms with Crippen molar-refractivity contribution >= 4 is 0 Å². The maximum absolute atomic E-state index is 3.67. The molecule has 2 heteroatoms. The normalized spacial score (nSPS) is 38.2. The molecule has 0 bridgehead atoms. The molecular formula is C14H28N2. The molecule has 2 aliphatic rings. The molecule has 0 aromatic carbocycles. The third-order valence-electron chi connectivity index (χ3n) is 4.51. The number of nitrogens with zero attached hydrogens (tertiary/aromatic N) is 1. The molecule has 2 fully saturated rings. The molecule has 1 N–H and O–H groups in total. The van der Waals surface area contributed by atoms with Crippen LogP contribution in [0.15, 0.2) is 0 Å². The summed E-state index contributed by atoms with van der Waals surface area (Å²) in [6.07, 6.45) is 8.43. The fourth-order valence-electron chi connectivity index (χ4n) is 3.40. The van der Waals surface area contributed by atoms with Crippen LogP contribution in [0.2, 0.25) is 0 Å². The van der Waals surface area contributed by atoms with E-state index >= 15 is 0 Å². The van der Waals surface area contributed by atoms with Crippen molar-refractivity contribution in [2.24, 2.45) is 5.92 Å². The van der Waals surface area contributed by atoms with Crippen molar-refractivity contribution in [2.75, 3.05) is 19.6 Å². The molecular weight excluding hydrogens is 196 g/mol. The van der Waals surface area contributed by atoms with Gasteiger partial charge in [-0.3, -0.25) is 4.90 Å². The lowest BCUT2D eigenvalue weighted by atomic mass is 9.86. The van der Waals surface area contributed by atoms with E-state index in [2.05, 4.69) is 24.1 Å². The van der Waals surface area contributed by atoms with Crippen LogP contribution in [0.3, 0.4) is 0 Å². The van der Waals surface area contributed by atoms with Crippen LogP contribution >= 0.6 is 0 Å². The lowest BCUT2D eigenvalue weighted by Crippen LogP contribution is -2.40. The first-order chi connectivity index (χ1) is 7.79. The monoisotopic (exact) mass is 224 g/mol. The van der Waals surface area contributed by atoms with Gasteiger partial charge in [-0.25, -0.2) is 0 Å². The number of rotatable bonds is 2. The Labute approximate surface area is 101 Å². The lowest BCUT2D eigenvalue weighted by molar-refractivity contribution is 0.141. The predicted octanol–water partition coefficient (Wildman–Crippen LogP) is 2.64. The zero-order valence-electron chi connectivity index (χ0n) is 11.0. The van der Waals surface area contributed by atoms with E-state index in [9.17, 15) is 0 Å². The van der Waals surface area contributed by atoms with Crippen molar-refractivity contribution in [1.82, 2.24) is 10.2 Å². The summed E-state index contributed by atoms with van der Waals surface area (Å²) < 4.78 is 0. The fraction of sp³-hybridized carbons (Fsp3) is 1.00. The van der Waals surface area contributed by atoms with E-state index in [0.717, 1.165) is 18.0 Å². The fourth-order valence-corrected chi connectivity index (χ4v) is 3.40. The topological polar surface area (TPSA) is 15.3 Å². The Bertz CT molecular complexity index is 205. The molecule has 16 heavy (non-hydrogen) atoms. The van der Waals surface area contributed by atoms with Gasteiger partial charge in [-0.15, -0.1) is 0 Å². The number of hydrogen-bond acceptors (Lipinski definition) is 2. The Balaban J connectivity index is 1.84. The molecule has 0 aromatic rings. The van der Waals surface area contributed by atoms with Gasteiger partial charge in [0.1, 0.15) is 0 Å². The molecule has 3 atom stereocenters. The molecule has 0 amide bonds. The van der Waals surface area contributed by atoms with Crippen molar-refractivity contribution in [1.29, 1.82) is 0 Å². The zero-order chi connectivity index (χ0) is 11.4. The second-order valence-corrected chi connectivity index (χ2v) is 5.81. The molecule has 1 aliphatic carbocycles. The maximum Gasteiger partial charge on any atom is 0.0110 e. The van der Waals surface area contributed by atoms with Crippen LogP contribution in [0.1, 0.15) is 52.4 Å². The second-order valence-electron chi connectivity index (χ2n) is 5.81. The maximum atomic E-state index is 3.67. The molecule has 0 radical (unpaired) electrons. The van der Waals surface area contributed by atoms with Crippen molar-refractivity contribution in [3.05, 3.63) is 0 Å². The highest BCUT2D eigenvalue weighted by Gasteiger charge is 2.26. The molecule has 3 unspecified atom stereocenters. The molecule has 0 spiro atoms. The van der Waals surface area contributed by atoms with E-state index in [1.54, 1.807) is 0 Å². The predicted molar refractivity (Wildman–Crippen MR) is 69.7 cm³/mol. The van der Waals surface area contributed by atoms with Crippen molar-refractivity contribution in [3.8, 4) is 0 Å². The molecule has 1 saturated carbocycles. The standard InChI is InChI=1S/C14H28N2/c1-3-13-7-9-16(10-8-15-13)14-6-4-5-12(2)11-14/h12-15H,3-11H2,1-2H3. The quantitative estimate of drug-likeness (QED) is 0.776.